The highest BCUT2D eigenvalue weighted by molar-refractivity contribution is 5.90. The number of nitrogens with one attached hydrogen (secondary N) is 1. The molecule has 8 nitrogen and oxygen atoms in total. The lowest BCUT2D eigenvalue weighted by Crippen LogP contribution is -2.28. The molecule has 1 unspecified atom stereocenters. The number of hydrogen-bond donors (Lipinski definition) is 3. The Hall–Kier alpha value is -3.68. The third-order valence-electron chi connectivity index (χ3n) is 3.99. The molecule has 0 fully saturated rings. The zero-order valence-corrected chi connectivity index (χ0v) is 14.8. The van der Waals surface area contributed by atoms with Gasteiger partial charge in [0.15, 0.2) is 0 Å². The molecule has 0 aliphatic rings. The number of aliphatic carboxylic acids is 1. The number of amides is 1. The topological polar surface area (TPSA) is 130 Å². The van der Waals surface area contributed by atoms with Crippen LogP contribution in [0.3, 0.4) is 0 Å². The molecule has 1 atom stereocenters. The summed E-state index contributed by atoms with van der Waals surface area (Å²) in [6.45, 7) is 0. The van der Waals surface area contributed by atoms with E-state index in [1.807, 2.05) is 5.48 Å². The fourth-order valence-corrected chi connectivity index (χ4v) is 2.52. The van der Waals surface area contributed by atoms with Gasteiger partial charge >= 0.3 is 17.9 Å². The summed E-state index contributed by atoms with van der Waals surface area (Å²) in [7, 11) is 0. The summed E-state index contributed by atoms with van der Waals surface area (Å²) >= 11 is 0. The number of carbonyl (C=O) groups is 4. The number of carboxylic acid groups (broad SMARTS) is 2. The Morgan fingerprint density at radius 1 is 0.929 bits per heavy atom. The summed E-state index contributed by atoms with van der Waals surface area (Å²) in [4.78, 5) is 50.7. The van der Waals surface area contributed by atoms with Crippen LogP contribution in [0.15, 0.2) is 54.6 Å². The minimum Gasteiger partial charge on any atom is -0.481 e. The molecule has 0 saturated carbocycles. The third kappa shape index (κ3) is 6.24. The van der Waals surface area contributed by atoms with E-state index in [0.29, 0.717) is 5.56 Å². The first-order chi connectivity index (χ1) is 13.4. The number of hydrogen-bond acceptors (Lipinski definition) is 5. The Labute approximate surface area is 160 Å². The van der Waals surface area contributed by atoms with E-state index in [4.69, 9.17) is 9.94 Å². The van der Waals surface area contributed by atoms with Crippen LogP contribution in [-0.4, -0.2) is 34.0 Å². The van der Waals surface area contributed by atoms with Gasteiger partial charge in [-0.05, 0) is 42.7 Å². The molecule has 0 radical (unpaired) electrons. The Bertz CT molecular complexity index is 864. The van der Waals surface area contributed by atoms with Gasteiger partial charge in [-0.15, -0.1) is 0 Å². The summed E-state index contributed by atoms with van der Waals surface area (Å²) in [5, 5.41) is 18.4. The second-order valence-corrected chi connectivity index (χ2v) is 6.06. The normalized spacial score (nSPS) is 11.3. The molecule has 0 aliphatic heterocycles. The highest BCUT2D eigenvalue weighted by Crippen LogP contribution is 2.16. The molecular formula is C20H19NO7. The number of hydroxylamine groups is 1. The molecule has 0 aliphatic carbocycles. The first kappa shape index (κ1) is 20.6. The molecule has 3 N–H and O–H groups in total. The van der Waals surface area contributed by atoms with E-state index < -0.39 is 29.7 Å². The van der Waals surface area contributed by atoms with Crippen molar-refractivity contribution in [2.24, 2.45) is 5.92 Å². The predicted octanol–water partition coefficient (Wildman–Crippen LogP) is 2.30. The van der Waals surface area contributed by atoms with Gasteiger partial charge in [-0.3, -0.25) is 9.59 Å². The smallest absolute Gasteiger partial charge is 0.362 e. The van der Waals surface area contributed by atoms with Gasteiger partial charge in [0, 0.05) is 6.42 Å². The number of aromatic carboxylic acids is 1. The average Bonchev–Trinajstić information content (AvgIpc) is 2.69. The van der Waals surface area contributed by atoms with Crippen LogP contribution in [0.4, 0.5) is 0 Å². The maximum atomic E-state index is 11.8. The molecule has 0 spiro atoms. The van der Waals surface area contributed by atoms with E-state index >= 15 is 0 Å². The van der Waals surface area contributed by atoms with Crippen LogP contribution in [0, 0.1) is 5.92 Å². The van der Waals surface area contributed by atoms with Crippen molar-refractivity contribution in [1.82, 2.24) is 5.48 Å². The lowest BCUT2D eigenvalue weighted by atomic mass is 9.94. The molecule has 0 aromatic heterocycles. The molecule has 0 bridgehead atoms. The van der Waals surface area contributed by atoms with Crippen molar-refractivity contribution in [3.8, 4) is 0 Å². The summed E-state index contributed by atoms with van der Waals surface area (Å²) in [5.74, 6) is -4.45. The van der Waals surface area contributed by atoms with Crippen LogP contribution in [-0.2, 0) is 20.8 Å². The summed E-state index contributed by atoms with van der Waals surface area (Å²) < 4.78 is 0. The molecule has 8 heteroatoms. The molecule has 146 valence electrons. The molecule has 2 aromatic carbocycles. The fourth-order valence-electron chi connectivity index (χ4n) is 2.52. The second kappa shape index (κ2) is 9.86. The lowest BCUT2D eigenvalue weighted by Gasteiger charge is -2.13. The van der Waals surface area contributed by atoms with Gasteiger partial charge in [0.2, 0.25) is 0 Å². The van der Waals surface area contributed by atoms with E-state index in [1.165, 1.54) is 30.3 Å². The lowest BCUT2D eigenvalue weighted by molar-refractivity contribution is -0.142. The Morgan fingerprint density at radius 3 is 2.25 bits per heavy atom. The predicted molar refractivity (Wildman–Crippen MR) is 97.5 cm³/mol. The van der Waals surface area contributed by atoms with Crippen LogP contribution < -0.4 is 5.48 Å². The van der Waals surface area contributed by atoms with Crippen molar-refractivity contribution in [1.29, 1.82) is 0 Å². The Morgan fingerprint density at radius 2 is 1.61 bits per heavy atom. The van der Waals surface area contributed by atoms with Crippen LogP contribution in [0.5, 0.6) is 0 Å². The molecule has 1 amide bonds. The van der Waals surface area contributed by atoms with Crippen LogP contribution in [0.1, 0.15) is 39.1 Å². The van der Waals surface area contributed by atoms with Crippen molar-refractivity contribution in [3.63, 3.8) is 0 Å². The van der Waals surface area contributed by atoms with Gasteiger partial charge < -0.3 is 15.1 Å². The van der Waals surface area contributed by atoms with Crippen molar-refractivity contribution in [2.45, 2.75) is 19.3 Å². The van der Waals surface area contributed by atoms with Crippen LogP contribution in [0.25, 0.3) is 0 Å². The first-order valence-electron chi connectivity index (χ1n) is 8.47. The van der Waals surface area contributed by atoms with Crippen molar-refractivity contribution in [2.75, 3.05) is 0 Å². The minimum absolute atomic E-state index is 0.00134. The molecule has 0 heterocycles. The molecular weight excluding hydrogens is 366 g/mol. The molecule has 28 heavy (non-hydrogen) atoms. The monoisotopic (exact) mass is 385 g/mol. The average molecular weight is 385 g/mol. The van der Waals surface area contributed by atoms with Gasteiger partial charge in [-0.1, -0.05) is 30.3 Å². The highest BCUT2D eigenvalue weighted by atomic mass is 16.7. The first-order valence-corrected chi connectivity index (χ1v) is 8.47. The van der Waals surface area contributed by atoms with Gasteiger partial charge in [0.25, 0.3) is 5.91 Å². The fraction of sp³-hybridized carbons (Fsp3) is 0.200. The van der Waals surface area contributed by atoms with E-state index in [9.17, 15) is 24.3 Å². The largest absolute Gasteiger partial charge is 0.481 e. The number of benzene rings is 2. The van der Waals surface area contributed by atoms with Crippen LogP contribution in [0.2, 0.25) is 0 Å². The standard InChI is InChI=1S/C20H19NO7/c22-17(21-28-20(27)14-6-2-1-3-7-14)10-9-16(19(25)26)12-13-5-4-8-15(11-13)18(23)24/h1-8,11,16H,9-10,12H2,(H,21,22)(H,23,24)(H,25,26). The molecule has 2 rings (SSSR count). The SMILES string of the molecule is O=C(CCC(Cc1cccc(C(=O)O)c1)C(=O)O)NOC(=O)c1ccccc1. The number of rotatable bonds is 8. The zero-order chi connectivity index (χ0) is 20.5. The molecule has 2 aromatic rings. The number of carboxylic acids is 2. The van der Waals surface area contributed by atoms with E-state index in [-0.39, 0.29) is 30.4 Å². The third-order valence-corrected chi connectivity index (χ3v) is 3.99. The van der Waals surface area contributed by atoms with Gasteiger partial charge in [-0.2, -0.15) is 5.48 Å². The van der Waals surface area contributed by atoms with Crippen molar-refractivity contribution in [3.05, 3.63) is 71.3 Å². The van der Waals surface area contributed by atoms with Crippen LogP contribution >= 0.6 is 0 Å². The zero-order valence-electron chi connectivity index (χ0n) is 14.8. The number of carbonyl (C=O) groups excluding carboxylic acids is 2. The van der Waals surface area contributed by atoms with Gasteiger partial charge in [-0.25, -0.2) is 9.59 Å². The maximum absolute atomic E-state index is 11.8. The van der Waals surface area contributed by atoms with Gasteiger partial charge in [0.1, 0.15) is 0 Å². The Kier molecular flexibility index (Phi) is 7.27. The Balaban J connectivity index is 1.86. The summed E-state index contributed by atoms with van der Waals surface area (Å²) in [5.41, 5.74) is 2.88. The second-order valence-electron chi connectivity index (χ2n) is 6.06. The summed E-state index contributed by atoms with van der Waals surface area (Å²) in [6, 6.07) is 14.1. The maximum Gasteiger partial charge on any atom is 0.362 e. The van der Waals surface area contributed by atoms with Crippen molar-refractivity contribution >= 4 is 23.8 Å². The summed E-state index contributed by atoms with van der Waals surface area (Å²) in [6.07, 6.45) is -0.0907. The quantitative estimate of drug-likeness (QED) is 0.594. The minimum atomic E-state index is -1.10. The highest BCUT2D eigenvalue weighted by Gasteiger charge is 2.20. The van der Waals surface area contributed by atoms with E-state index in [2.05, 4.69) is 0 Å². The molecule has 0 saturated heterocycles. The van der Waals surface area contributed by atoms with Gasteiger partial charge in [0.05, 0.1) is 17.0 Å². The van der Waals surface area contributed by atoms with E-state index in [1.54, 1.807) is 24.3 Å². The van der Waals surface area contributed by atoms with Crippen molar-refractivity contribution < 1.29 is 34.2 Å². The van der Waals surface area contributed by atoms with E-state index in [0.717, 1.165) is 0 Å².